The SMILES string of the molecule is CCOC(=O)Cn1cc(-c2ccccc2CN(CC)C(=O)C2CC2)c2cc(F)ccc21. The van der Waals surface area contributed by atoms with Gasteiger partial charge in [-0.3, -0.25) is 9.59 Å². The molecule has 0 aliphatic heterocycles. The Morgan fingerprint density at radius 2 is 1.90 bits per heavy atom. The number of carbonyl (C=O) groups excluding carboxylic acids is 2. The molecular formula is C25H27FN2O3. The van der Waals surface area contributed by atoms with Crippen LogP contribution < -0.4 is 0 Å². The fourth-order valence-corrected chi connectivity index (χ4v) is 4.02. The van der Waals surface area contributed by atoms with Crippen LogP contribution in [0.25, 0.3) is 22.0 Å². The zero-order chi connectivity index (χ0) is 22.0. The van der Waals surface area contributed by atoms with Gasteiger partial charge >= 0.3 is 5.97 Å². The van der Waals surface area contributed by atoms with Crippen LogP contribution in [0.5, 0.6) is 0 Å². The average molecular weight is 423 g/mol. The van der Waals surface area contributed by atoms with Crippen molar-refractivity contribution in [2.45, 2.75) is 39.8 Å². The summed E-state index contributed by atoms with van der Waals surface area (Å²) in [4.78, 5) is 26.6. The maximum absolute atomic E-state index is 14.1. The Morgan fingerprint density at radius 3 is 2.61 bits per heavy atom. The lowest BCUT2D eigenvalue weighted by Crippen LogP contribution is -2.31. The molecule has 1 heterocycles. The highest BCUT2D eigenvalue weighted by Gasteiger charge is 2.33. The molecule has 0 N–H and O–H groups in total. The predicted octanol–water partition coefficient (Wildman–Crippen LogP) is 4.77. The monoisotopic (exact) mass is 422 g/mol. The first kappa shape index (κ1) is 21.1. The minimum absolute atomic E-state index is 0.0550. The lowest BCUT2D eigenvalue weighted by molar-refractivity contribution is -0.143. The van der Waals surface area contributed by atoms with Gasteiger partial charge in [0.05, 0.1) is 6.61 Å². The van der Waals surface area contributed by atoms with E-state index < -0.39 is 0 Å². The first-order valence-electron chi connectivity index (χ1n) is 10.8. The van der Waals surface area contributed by atoms with Crippen molar-refractivity contribution in [2.75, 3.05) is 13.2 Å². The lowest BCUT2D eigenvalue weighted by Gasteiger charge is -2.22. The third kappa shape index (κ3) is 4.48. The molecule has 1 saturated carbocycles. The number of esters is 1. The first-order chi connectivity index (χ1) is 15.0. The quantitative estimate of drug-likeness (QED) is 0.492. The molecule has 6 heteroatoms. The average Bonchev–Trinajstić information content (AvgIpc) is 3.55. The van der Waals surface area contributed by atoms with Crippen molar-refractivity contribution >= 4 is 22.8 Å². The Morgan fingerprint density at radius 1 is 1.13 bits per heavy atom. The van der Waals surface area contributed by atoms with Crippen LogP contribution in [0.2, 0.25) is 0 Å². The van der Waals surface area contributed by atoms with E-state index in [9.17, 15) is 14.0 Å². The van der Waals surface area contributed by atoms with Gasteiger partial charge in [0.15, 0.2) is 0 Å². The van der Waals surface area contributed by atoms with E-state index in [-0.39, 0.29) is 30.2 Å². The molecule has 0 radical (unpaired) electrons. The van der Waals surface area contributed by atoms with E-state index in [1.165, 1.54) is 12.1 Å². The van der Waals surface area contributed by atoms with E-state index in [1.54, 1.807) is 17.6 Å². The molecule has 0 spiro atoms. The fraction of sp³-hybridized carbons (Fsp3) is 0.360. The molecule has 0 atom stereocenters. The smallest absolute Gasteiger partial charge is 0.325 e. The normalized spacial score (nSPS) is 13.4. The molecule has 1 aromatic heterocycles. The third-order valence-electron chi connectivity index (χ3n) is 5.74. The fourth-order valence-electron chi connectivity index (χ4n) is 4.02. The Kier molecular flexibility index (Phi) is 6.07. The highest BCUT2D eigenvalue weighted by molar-refractivity contribution is 5.97. The maximum Gasteiger partial charge on any atom is 0.325 e. The molecule has 1 aliphatic carbocycles. The summed E-state index contributed by atoms with van der Waals surface area (Å²) in [7, 11) is 0. The Hall–Kier alpha value is -3.15. The molecule has 31 heavy (non-hydrogen) atoms. The summed E-state index contributed by atoms with van der Waals surface area (Å²) in [6.45, 7) is 5.27. The zero-order valence-corrected chi connectivity index (χ0v) is 17.9. The molecule has 1 aliphatic rings. The van der Waals surface area contributed by atoms with Crippen LogP contribution in [-0.2, 0) is 27.4 Å². The lowest BCUT2D eigenvalue weighted by atomic mass is 9.98. The summed E-state index contributed by atoms with van der Waals surface area (Å²) in [6, 6.07) is 12.5. The molecule has 1 amide bonds. The van der Waals surface area contributed by atoms with Gasteiger partial charge in [-0.2, -0.15) is 0 Å². The van der Waals surface area contributed by atoms with E-state index in [0.717, 1.165) is 40.4 Å². The molecule has 0 unspecified atom stereocenters. The van der Waals surface area contributed by atoms with Crippen molar-refractivity contribution in [1.29, 1.82) is 0 Å². The number of halogens is 1. The number of hydrogen-bond acceptors (Lipinski definition) is 3. The summed E-state index contributed by atoms with van der Waals surface area (Å²) in [5.41, 5.74) is 3.53. The van der Waals surface area contributed by atoms with Crippen molar-refractivity contribution < 1.29 is 18.7 Å². The third-order valence-corrected chi connectivity index (χ3v) is 5.74. The Bertz CT molecular complexity index is 1120. The molecule has 5 nitrogen and oxygen atoms in total. The van der Waals surface area contributed by atoms with Crippen molar-refractivity contribution in [3.05, 3.63) is 60.0 Å². The number of fused-ring (bicyclic) bond motifs is 1. The van der Waals surface area contributed by atoms with Crippen LogP contribution in [0, 0.1) is 11.7 Å². The Balaban J connectivity index is 1.75. The number of amides is 1. The number of hydrogen-bond donors (Lipinski definition) is 0. The predicted molar refractivity (Wildman–Crippen MR) is 118 cm³/mol. The minimum atomic E-state index is -0.337. The molecule has 0 bridgehead atoms. The summed E-state index contributed by atoms with van der Waals surface area (Å²) in [5, 5.41) is 0.730. The summed E-state index contributed by atoms with van der Waals surface area (Å²) >= 11 is 0. The number of rotatable bonds is 8. The van der Waals surface area contributed by atoms with Crippen LogP contribution in [-0.4, -0.2) is 34.5 Å². The number of aromatic nitrogens is 1. The second-order valence-electron chi connectivity index (χ2n) is 7.92. The number of nitrogens with zero attached hydrogens (tertiary/aromatic N) is 2. The second kappa shape index (κ2) is 8.92. The summed E-state index contributed by atoms with van der Waals surface area (Å²) < 4.78 is 21.0. The van der Waals surface area contributed by atoms with E-state index in [1.807, 2.05) is 42.3 Å². The topological polar surface area (TPSA) is 51.5 Å². The van der Waals surface area contributed by atoms with Crippen molar-refractivity contribution in [1.82, 2.24) is 9.47 Å². The summed E-state index contributed by atoms with van der Waals surface area (Å²) in [6.07, 6.45) is 3.81. The van der Waals surface area contributed by atoms with Gasteiger partial charge in [0, 0.05) is 41.7 Å². The molecule has 0 saturated heterocycles. The number of carbonyl (C=O) groups is 2. The minimum Gasteiger partial charge on any atom is -0.465 e. The largest absolute Gasteiger partial charge is 0.465 e. The van der Waals surface area contributed by atoms with Gasteiger partial charge < -0.3 is 14.2 Å². The number of ether oxygens (including phenoxy) is 1. The molecular weight excluding hydrogens is 395 g/mol. The van der Waals surface area contributed by atoms with E-state index in [0.29, 0.717) is 19.7 Å². The summed E-state index contributed by atoms with van der Waals surface area (Å²) in [5.74, 6) is -0.309. The van der Waals surface area contributed by atoms with E-state index >= 15 is 0 Å². The van der Waals surface area contributed by atoms with Gasteiger partial charge in [-0.25, -0.2) is 4.39 Å². The first-order valence-corrected chi connectivity index (χ1v) is 10.8. The van der Waals surface area contributed by atoms with Crippen LogP contribution in [0.3, 0.4) is 0 Å². The highest BCUT2D eigenvalue weighted by Crippen LogP contribution is 2.35. The van der Waals surface area contributed by atoms with Gasteiger partial charge in [-0.15, -0.1) is 0 Å². The van der Waals surface area contributed by atoms with Gasteiger partial charge in [-0.1, -0.05) is 24.3 Å². The molecule has 2 aromatic carbocycles. The second-order valence-corrected chi connectivity index (χ2v) is 7.92. The maximum atomic E-state index is 14.1. The van der Waals surface area contributed by atoms with Crippen molar-refractivity contribution in [3.8, 4) is 11.1 Å². The Labute approximate surface area is 181 Å². The zero-order valence-electron chi connectivity index (χ0n) is 17.9. The molecule has 4 rings (SSSR count). The van der Waals surface area contributed by atoms with Crippen LogP contribution in [0.4, 0.5) is 4.39 Å². The number of benzene rings is 2. The van der Waals surface area contributed by atoms with Crippen LogP contribution in [0.1, 0.15) is 32.3 Å². The highest BCUT2D eigenvalue weighted by atomic mass is 19.1. The molecule has 162 valence electrons. The van der Waals surface area contributed by atoms with E-state index in [4.69, 9.17) is 4.74 Å². The van der Waals surface area contributed by atoms with Crippen LogP contribution in [0.15, 0.2) is 48.7 Å². The molecule has 1 fully saturated rings. The molecule has 3 aromatic rings. The van der Waals surface area contributed by atoms with Gasteiger partial charge in [-0.05, 0) is 56.0 Å². The van der Waals surface area contributed by atoms with Crippen molar-refractivity contribution in [2.24, 2.45) is 5.92 Å². The standard InChI is InChI=1S/C25H27FN2O3/c1-3-27(25(30)17-9-10-17)14-18-7-5-6-8-20(18)22-15-28(16-24(29)31-4-2)23-12-11-19(26)13-21(22)23/h5-8,11-13,15,17H,3-4,9-10,14,16H2,1-2H3. The van der Waals surface area contributed by atoms with Crippen LogP contribution >= 0.6 is 0 Å². The van der Waals surface area contributed by atoms with Gasteiger partial charge in [0.2, 0.25) is 5.91 Å². The van der Waals surface area contributed by atoms with E-state index in [2.05, 4.69) is 0 Å². The van der Waals surface area contributed by atoms with Gasteiger partial charge in [0.1, 0.15) is 12.4 Å². The van der Waals surface area contributed by atoms with Crippen molar-refractivity contribution in [3.63, 3.8) is 0 Å². The van der Waals surface area contributed by atoms with Gasteiger partial charge in [0.25, 0.3) is 0 Å².